The van der Waals surface area contributed by atoms with Crippen LogP contribution in [-0.2, 0) is 0 Å². The quantitative estimate of drug-likeness (QED) is 0.920. The molecule has 1 atom stereocenters. The van der Waals surface area contributed by atoms with Crippen molar-refractivity contribution in [1.82, 2.24) is 14.7 Å². The van der Waals surface area contributed by atoms with Crippen molar-refractivity contribution in [1.29, 1.82) is 0 Å². The lowest BCUT2D eigenvalue weighted by Gasteiger charge is -2.16. The van der Waals surface area contributed by atoms with Crippen LogP contribution in [0.5, 0.6) is 0 Å². The zero-order valence-electron chi connectivity index (χ0n) is 12.7. The summed E-state index contributed by atoms with van der Waals surface area (Å²) in [5.41, 5.74) is 8.65. The summed E-state index contributed by atoms with van der Waals surface area (Å²) < 4.78 is 14.7. The minimum absolute atomic E-state index is 0.0312. The van der Waals surface area contributed by atoms with Crippen LogP contribution in [0.2, 0.25) is 0 Å². The van der Waals surface area contributed by atoms with Crippen LogP contribution in [0.3, 0.4) is 0 Å². The van der Waals surface area contributed by atoms with Crippen molar-refractivity contribution in [2.75, 3.05) is 13.1 Å². The fourth-order valence-electron chi connectivity index (χ4n) is 2.92. The minimum Gasteiger partial charge on any atom is -0.337 e. The molecule has 2 N–H and O–H groups in total. The second-order valence-electron chi connectivity index (χ2n) is 5.73. The van der Waals surface area contributed by atoms with E-state index in [1.54, 1.807) is 21.7 Å². The van der Waals surface area contributed by atoms with Crippen molar-refractivity contribution in [3.05, 3.63) is 47.0 Å². The van der Waals surface area contributed by atoms with Gasteiger partial charge >= 0.3 is 0 Å². The summed E-state index contributed by atoms with van der Waals surface area (Å²) in [6.45, 7) is 4.93. The first-order valence-corrected chi connectivity index (χ1v) is 7.34. The summed E-state index contributed by atoms with van der Waals surface area (Å²) in [5.74, 6) is -0.330. The zero-order valence-corrected chi connectivity index (χ0v) is 12.7. The maximum atomic E-state index is 13.1. The number of carbonyl (C=O) groups excluding carboxylic acids is 1. The third kappa shape index (κ3) is 2.50. The predicted octanol–water partition coefficient (Wildman–Crippen LogP) is 1.80. The van der Waals surface area contributed by atoms with E-state index in [0.717, 1.165) is 17.8 Å². The molecule has 1 aliphatic heterocycles. The number of hydrogen-bond acceptors (Lipinski definition) is 3. The highest BCUT2D eigenvalue weighted by Crippen LogP contribution is 2.21. The first-order valence-electron chi connectivity index (χ1n) is 7.34. The van der Waals surface area contributed by atoms with Crippen molar-refractivity contribution >= 4 is 5.91 Å². The van der Waals surface area contributed by atoms with E-state index in [2.05, 4.69) is 5.10 Å². The SMILES string of the molecule is Cc1nn(-c2ccc(F)cc2)c(C)c1C(=O)N1CC[C@@H](N)C1. The molecule has 1 aromatic heterocycles. The fourth-order valence-corrected chi connectivity index (χ4v) is 2.92. The van der Waals surface area contributed by atoms with Gasteiger partial charge in [-0.25, -0.2) is 9.07 Å². The molecule has 0 saturated carbocycles. The Morgan fingerprint density at radius 3 is 2.59 bits per heavy atom. The molecule has 2 heterocycles. The third-order valence-electron chi connectivity index (χ3n) is 4.09. The molecule has 6 heteroatoms. The maximum Gasteiger partial charge on any atom is 0.257 e. The normalized spacial score (nSPS) is 18.0. The summed E-state index contributed by atoms with van der Waals surface area (Å²) in [7, 11) is 0. The fraction of sp³-hybridized carbons (Fsp3) is 0.375. The van der Waals surface area contributed by atoms with Crippen molar-refractivity contribution in [2.24, 2.45) is 5.73 Å². The lowest BCUT2D eigenvalue weighted by Crippen LogP contribution is -2.32. The van der Waals surface area contributed by atoms with E-state index >= 15 is 0 Å². The van der Waals surface area contributed by atoms with Gasteiger partial charge in [-0.05, 0) is 44.5 Å². The number of nitrogens with zero attached hydrogens (tertiary/aromatic N) is 3. The molecule has 1 aromatic carbocycles. The Morgan fingerprint density at radius 1 is 1.32 bits per heavy atom. The van der Waals surface area contributed by atoms with Gasteiger partial charge in [0, 0.05) is 19.1 Å². The molecule has 1 amide bonds. The first-order chi connectivity index (χ1) is 10.5. The number of carbonyl (C=O) groups is 1. The minimum atomic E-state index is -0.298. The number of rotatable bonds is 2. The van der Waals surface area contributed by atoms with E-state index in [9.17, 15) is 9.18 Å². The lowest BCUT2D eigenvalue weighted by atomic mass is 10.1. The highest BCUT2D eigenvalue weighted by molar-refractivity contribution is 5.96. The van der Waals surface area contributed by atoms with Gasteiger partial charge < -0.3 is 10.6 Å². The van der Waals surface area contributed by atoms with Crippen LogP contribution in [0, 0.1) is 19.7 Å². The van der Waals surface area contributed by atoms with E-state index in [1.807, 2.05) is 13.8 Å². The molecule has 0 radical (unpaired) electrons. The summed E-state index contributed by atoms with van der Waals surface area (Å²) in [6.07, 6.45) is 0.829. The summed E-state index contributed by atoms with van der Waals surface area (Å²) in [5, 5.41) is 4.44. The van der Waals surface area contributed by atoms with Crippen LogP contribution in [0.25, 0.3) is 5.69 Å². The van der Waals surface area contributed by atoms with Gasteiger partial charge in [0.1, 0.15) is 5.82 Å². The van der Waals surface area contributed by atoms with Crippen LogP contribution >= 0.6 is 0 Å². The second kappa shape index (κ2) is 5.53. The van der Waals surface area contributed by atoms with Crippen molar-refractivity contribution < 1.29 is 9.18 Å². The third-order valence-corrected chi connectivity index (χ3v) is 4.09. The van der Waals surface area contributed by atoms with Gasteiger partial charge in [-0.2, -0.15) is 5.10 Å². The van der Waals surface area contributed by atoms with Crippen LogP contribution < -0.4 is 5.73 Å². The molecule has 0 unspecified atom stereocenters. The Labute approximate surface area is 128 Å². The van der Waals surface area contributed by atoms with Gasteiger partial charge in [0.25, 0.3) is 5.91 Å². The number of halogens is 1. The average molecular weight is 302 g/mol. The number of benzene rings is 1. The summed E-state index contributed by atoms with van der Waals surface area (Å²) in [4.78, 5) is 14.5. The van der Waals surface area contributed by atoms with Crippen LogP contribution in [0.15, 0.2) is 24.3 Å². The molecular weight excluding hydrogens is 283 g/mol. The van der Waals surface area contributed by atoms with Gasteiger partial charge in [0.05, 0.1) is 22.6 Å². The van der Waals surface area contributed by atoms with E-state index in [0.29, 0.717) is 24.3 Å². The van der Waals surface area contributed by atoms with E-state index in [4.69, 9.17) is 5.73 Å². The van der Waals surface area contributed by atoms with E-state index in [-0.39, 0.29) is 17.8 Å². The monoisotopic (exact) mass is 302 g/mol. The van der Waals surface area contributed by atoms with Gasteiger partial charge in [-0.15, -0.1) is 0 Å². The number of aryl methyl sites for hydroxylation is 1. The van der Waals surface area contributed by atoms with Gasteiger partial charge in [0.2, 0.25) is 0 Å². The molecule has 2 aromatic rings. The van der Waals surface area contributed by atoms with Gasteiger partial charge in [-0.3, -0.25) is 4.79 Å². The lowest BCUT2D eigenvalue weighted by molar-refractivity contribution is 0.0789. The number of hydrogen-bond donors (Lipinski definition) is 1. The standard InChI is InChI=1S/C16H19FN4O/c1-10-15(16(22)20-8-7-13(18)9-20)11(2)21(19-10)14-5-3-12(17)4-6-14/h3-6,13H,7-9,18H2,1-2H3/t13-/m1/s1. The second-order valence-corrected chi connectivity index (χ2v) is 5.73. The van der Waals surface area contributed by atoms with Crippen molar-refractivity contribution in [3.63, 3.8) is 0 Å². The molecule has 0 aliphatic carbocycles. The molecule has 3 rings (SSSR count). The zero-order chi connectivity index (χ0) is 15.9. The number of nitrogens with two attached hydrogens (primary N) is 1. The molecule has 1 saturated heterocycles. The molecule has 116 valence electrons. The summed E-state index contributed by atoms with van der Waals surface area (Å²) >= 11 is 0. The maximum absolute atomic E-state index is 13.1. The topological polar surface area (TPSA) is 64.2 Å². The Balaban J connectivity index is 1.96. The Hall–Kier alpha value is -2.21. The highest BCUT2D eigenvalue weighted by Gasteiger charge is 2.28. The molecular formula is C16H19FN4O. The van der Waals surface area contributed by atoms with Gasteiger partial charge in [0.15, 0.2) is 0 Å². The molecule has 5 nitrogen and oxygen atoms in total. The van der Waals surface area contributed by atoms with Crippen molar-refractivity contribution in [3.8, 4) is 5.69 Å². The molecule has 1 fully saturated rings. The first kappa shape index (κ1) is 14.7. The number of amides is 1. The summed E-state index contributed by atoms with van der Waals surface area (Å²) in [6, 6.07) is 6.11. The van der Waals surface area contributed by atoms with Crippen molar-refractivity contribution in [2.45, 2.75) is 26.3 Å². The van der Waals surface area contributed by atoms with Crippen LogP contribution in [0.1, 0.15) is 28.2 Å². The number of likely N-dealkylation sites (tertiary alicyclic amines) is 1. The molecule has 22 heavy (non-hydrogen) atoms. The van der Waals surface area contributed by atoms with Crippen LogP contribution in [0.4, 0.5) is 4.39 Å². The molecule has 0 spiro atoms. The Morgan fingerprint density at radius 2 is 2.00 bits per heavy atom. The molecule has 1 aliphatic rings. The Bertz CT molecular complexity index is 708. The van der Waals surface area contributed by atoms with E-state index in [1.165, 1.54) is 12.1 Å². The largest absolute Gasteiger partial charge is 0.337 e. The smallest absolute Gasteiger partial charge is 0.257 e. The van der Waals surface area contributed by atoms with Gasteiger partial charge in [-0.1, -0.05) is 0 Å². The predicted molar refractivity (Wildman–Crippen MR) is 81.5 cm³/mol. The average Bonchev–Trinajstić information content (AvgIpc) is 3.03. The highest BCUT2D eigenvalue weighted by atomic mass is 19.1. The number of aromatic nitrogens is 2. The van der Waals surface area contributed by atoms with Crippen LogP contribution in [-0.4, -0.2) is 39.7 Å². The Kier molecular flexibility index (Phi) is 3.70. The molecule has 0 bridgehead atoms. The van der Waals surface area contributed by atoms with E-state index < -0.39 is 0 Å².